The van der Waals surface area contributed by atoms with Crippen LogP contribution in [0.1, 0.15) is 17.0 Å². The highest BCUT2D eigenvalue weighted by Gasteiger charge is 2.24. The van der Waals surface area contributed by atoms with Gasteiger partial charge in [-0.3, -0.25) is 9.40 Å². The molecule has 23 heavy (non-hydrogen) atoms. The Morgan fingerprint density at radius 1 is 1.26 bits per heavy atom. The predicted octanol–water partition coefficient (Wildman–Crippen LogP) is 2.34. The molecule has 0 fully saturated rings. The Bertz CT molecular complexity index is 895. The molecule has 0 spiro atoms. The van der Waals surface area contributed by atoms with Crippen LogP contribution >= 0.6 is 0 Å². The Labute approximate surface area is 134 Å². The van der Waals surface area contributed by atoms with Crippen molar-refractivity contribution < 1.29 is 12.9 Å². The number of aromatic nitrogens is 3. The number of anilines is 1. The maximum atomic E-state index is 12.5. The van der Waals surface area contributed by atoms with Gasteiger partial charge in [0.15, 0.2) is 10.7 Å². The zero-order valence-corrected chi connectivity index (χ0v) is 13.5. The molecule has 1 N–H and O–H groups in total. The first kappa shape index (κ1) is 15.3. The van der Waals surface area contributed by atoms with Gasteiger partial charge in [-0.25, -0.2) is 8.42 Å². The lowest BCUT2D eigenvalue weighted by Gasteiger charge is -2.09. The van der Waals surface area contributed by atoms with Gasteiger partial charge in [-0.1, -0.05) is 17.3 Å². The first-order valence-corrected chi connectivity index (χ1v) is 8.46. The van der Waals surface area contributed by atoms with Crippen molar-refractivity contribution in [2.75, 3.05) is 4.72 Å². The van der Waals surface area contributed by atoms with Crippen molar-refractivity contribution in [1.82, 2.24) is 14.9 Å². The maximum absolute atomic E-state index is 12.5. The third-order valence-corrected chi connectivity index (χ3v) is 4.94. The third-order valence-electron chi connectivity index (χ3n) is 3.32. The van der Waals surface area contributed by atoms with Gasteiger partial charge in [0.05, 0.1) is 6.54 Å². The summed E-state index contributed by atoms with van der Waals surface area (Å²) >= 11 is 0. The van der Waals surface area contributed by atoms with Crippen molar-refractivity contribution in [2.24, 2.45) is 0 Å². The minimum absolute atomic E-state index is 0.0787. The van der Waals surface area contributed by atoms with Crippen LogP contribution in [-0.4, -0.2) is 23.4 Å². The molecule has 0 atom stereocenters. The Morgan fingerprint density at radius 3 is 2.74 bits per heavy atom. The second-order valence-electron chi connectivity index (χ2n) is 5.16. The molecule has 0 saturated heterocycles. The zero-order valence-electron chi connectivity index (χ0n) is 12.7. The van der Waals surface area contributed by atoms with Crippen molar-refractivity contribution in [2.45, 2.75) is 25.3 Å². The minimum Gasteiger partial charge on any atom is -0.360 e. The Hall–Kier alpha value is -2.61. The standard InChI is InChI=1S/C15H16N4O3S/c1-11-15(12(2)22-17-11)23(20,21)18-14-6-3-5-13(9-14)10-19-8-4-7-16-19/h3-9,18H,10H2,1-2H3. The molecule has 8 heteroatoms. The van der Waals surface area contributed by atoms with E-state index in [0.29, 0.717) is 17.9 Å². The van der Waals surface area contributed by atoms with Gasteiger partial charge in [-0.2, -0.15) is 5.10 Å². The van der Waals surface area contributed by atoms with E-state index in [1.165, 1.54) is 0 Å². The van der Waals surface area contributed by atoms with Crippen molar-refractivity contribution in [1.29, 1.82) is 0 Å². The molecule has 0 aliphatic rings. The molecule has 1 aromatic carbocycles. The van der Waals surface area contributed by atoms with E-state index >= 15 is 0 Å². The van der Waals surface area contributed by atoms with E-state index in [4.69, 9.17) is 4.52 Å². The highest BCUT2D eigenvalue weighted by molar-refractivity contribution is 7.92. The van der Waals surface area contributed by atoms with Crippen LogP contribution in [-0.2, 0) is 16.6 Å². The Morgan fingerprint density at radius 2 is 2.09 bits per heavy atom. The SMILES string of the molecule is Cc1noc(C)c1S(=O)(=O)Nc1cccc(Cn2cccn2)c1. The second-order valence-corrected chi connectivity index (χ2v) is 6.78. The molecule has 0 radical (unpaired) electrons. The molecule has 2 aromatic heterocycles. The fraction of sp³-hybridized carbons (Fsp3) is 0.200. The van der Waals surface area contributed by atoms with E-state index in [1.807, 2.05) is 18.3 Å². The highest BCUT2D eigenvalue weighted by Crippen LogP contribution is 2.22. The fourth-order valence-electron chi connectivity index (χ4n) is 2.38. The topological polar surface area (TPSA) is 90.0 Å². The number of nitrogens with one attached hydrogen (secondary N) is 1. The molecule has 7 nitrogen and oxygen atoms in total. The van der Waals surface area contributed by atoms with Crippen LogP contribution in [0.4, 0.5) is 5.69 Å². The lowest BCUT2D eigenvalue weighted by atomic mass is 10.2. The number of hydrogen-bond donors (Lipinski definition) is 1. The molecule has 0 amide bonds. The molecule has 0 aliphatic carbocycles. The Kier molecular flexibility index (Phi) is 3.91. The van der Waals surface area contributed by atoms with Gasteiger partial charge in [0.1, 0.15) is 5.69 Å². The van der Waals surface area contributed by atoms with Gasteiger partial charge in [0.2, 0.25) is 0 Å². The lowest BCUT2D eigenvalue weighted by Crippen LogP contribution is -2.14. The fourth-order valence-corrected chi connectivity index (χ4v) is 3.76. The van der Waals surface area contributed by atoms with Crippen LogP contribution in [0.3, 0.4) is 0 Å². The largest absolute Gasteiger partial charge is 0.360 e. The Balaban J connectivity index is 1.85. The first-order chi connectivity index (χ1) is 11.0. The summed E-state index contributed by atoms with van der Waals surface area (Å²) in [6.07, 6.45) is 3.55. The molecular weight excluding hydrogens is 316 g/mol. The van der Waals surface area contributed by atoms with Crippen molar-refractivity contribution >= 4 is 15.7 Å². The summed E-state index contributed by atoms with van der Waals surface area (Å²) in [7, 11) is -3.74. The molecule has 0 bridgehead atoms. The number of sulfonamides is 1. The van der Waals surface area contributed by atoms with Gasteiger partial charge in [0.25, 0.3) is 10.0 Å². The van der Waals surface area contributed by atoms with Crippen LogP contribution in [0, 0.1) is 13.8 Å². The zero-order chi connectivity index (χ0) is 16.4. The smallest absolute Gasteiger partial charge is 0.267 e. The predicted molar refractivity (Wildman–Crippen MR) is 84.6 cm³/mol. The number of hydrogen-bond acceptors (Lipinski definition) is 5. The maximum Gasteiger partial charge on any atom is 0.267 e. The van der Waals surface area contributed by atoms with E-state index in [-0.39, 0.29) is 10.7 Å². The molecule has 120 valence electrons. The van der Waals surface area contributed by atoms with E-state index in [0.717, 1.165) is 5.56 Å². The normalized spacial score (nSPS) is 11.6. The summed E-state index contributed by atoms with van der Waals surface area (Å²) in [4.78, 5) is 0.0787. The van der Waals surface area contributed by atoms with Crippen LogP contribution in [0.5, 0.6) is 0 Å². The van der Waals surface area contributed by atoms with Crippen LogP contribution in [0.15, 0.2) is 52.1 Å². The van der Waals surface area contributed by atoms with Gasteiger partial charge >= 0.3 is 0 Å². The second kappa shape index (κ2) is 5.88. The van der Waals surface area contributed by atoms with Gasteiger partial charge in [-0.15, -0.1) is 0 Å². The average Bonchev–Trinajstić information content (AvgIpc) is 3.09. The van der Waals surface area contributed by atoms with E-state index in [1.54, 1.807) is 42.9 Å². The number of rotatable bonds is 5. The summed E-state index contributed by atoms with van der Waals surface area (Å²) in [5.74, 6) is 0.266. The quantitative estimate of drug-likeness (QED) is 0.774. The van der Waals surface area contributed by atoms with Gasteiger partial charge < -0.3 is 4.52 Å². The van der Waals surface area contributed by atoms with E-state index in [9.17, 15) is 8.42 Å². The number of benzene rings is 1. The minimum atomic E-state index is -3.74. The molecular formula is C15H16N4O3S. The molecule has 0 unspecified atom stereocenters. The number of nitrogens with zero attached hydrogens (tertiary/aromatic N) is 3. The summed E-state index contributed by atoms with van der Waals surface area (Å²) in [6, 6.07) is 9.02. The van der Waals surface area contributed by atoms with Gasteiger partial charge in [-0.05, 0) is 37.6 Å². The summed E-state index contributed by atoms with van der Waals surface area (Å²) in [5, 5.41) is 7.82. The summed E-state index contributed by atoms with van der Waals surface area (Å²) in [5.41, 5.74) is 1.75. The summed E-state index contributed by atoms with van der Waals surface area (Å²) < 4.78 is 34.3. The molecule has 0 saturated carbocycles. The number of aryl methyl sites for hydroxylation is 2. The van der Waals surface area contributed by atoms with Gasteiger partial charge in [0, 0.05) is 18.1 Å². The molecule has 3 aromatic rings. The average molecular weight is 332 g/mol. The van der Waals surface area contributed by atoms with Crippen molar-refractivity contribution in [3.63, 3.8) is 0 Å². The van der Waals surface area contributed by atoms with E-state index in [2.05, 4.69) is 15.0 Å². The van der Waals surface area contributed by atoms with Crippen LogP contribution in [0.25, 0.3) is 0 Å². The summed E-state index contributed by atoms with van der Waals surface area (Å²) in [6.45, 7) is 3.73. The highest BCUT2D eigenvalue weighted by atomic mass is 32.2. The molecule has 2 heterocycles. The van der Waals surface area contributed by atoms with Crippen LogP contribution in [0.2, 0.25) is 0 Å². The van der Waals surface area contributed by atoms with Crippen molar-refractivity contribution in [3.8, 4) is 0 Å². The van der Waals surface area contributed by atoms with Crippen molar-refractivity contribution in [3.05, 3.63) is 59.7 Å². The third kappa shape index (κ3) is 3.26. The monoisotopic (exact) mass is 332 g/mol. The first-order valence-electron chi connectivity index (χ1n) is 6.98. The molecule has 0 aliphatic heterocycles. The van der Waals surface area contributed by atoms with Crippen LogP contribution < -0.4 is 4.72 Å². The van der Waals surface area contributed by atoms with E-state index < -0.39 is 10.0 Å². The lowest BCUT2D eigenvalue weighted by molar-refractivity contribution is 0.390. The molecule has 3 rings (SSSR count).